The monoisotopic (exact) mass is 344 g/mol. The summed E-state index contributed by atoms with van der Waals surface area (Å²) in [6, 6.07) is 6.45. The topological polar surface area (TPSA) is 120 Å². The lowest BCUT2D eigenvalue weighted by atomic mass is 10.2. The van der Waals surface area contributed by atoms with Crippen LogP contribution in [0.5, 0.6) is 5.75 Å². The fourth-order valence-corrected chi connectivity index (χ4v) is 2.63. The van der Waals surface area contributed by atoms with Gasteiger partial charge in [-0.15, -0.1) is 11.3 Å². The van der Waals surface area contributed by atoms with Crippen molar-refractivity contribution in [1.29, 1.82) is 0 Å². The van der Waals surface area contributed by atoms with Gasteiger partial charge in [0.15, 0.2) is 5.69 Å². The van der Waals surface area contributed by atoms with E-state index in [0.717, 1.165) is 0 Å². The number of benzene rings is 1. The highest BCUT2D eigenvalue weighted by atomic mass is 32.1. The SMILES string of the molecule is COc1ccc(C(=O)Nc2onc(-c3nccs3)c2C(N)=O)cc1. The zero-order valence-electron chi connectivity index (χ0n) is 12.5. The number of ether oxygens (including phenoxy) is 1. The summed E-state index contributed by atoms with van der Waals surface area (Å²) in [6.07, 6.45) is 1.56. The summed E-state index contributed by atoms with van der Waals surface area (Å²) in [7, 11) is 1.53. The smallest absolute Gasteiger partial charge is 0.258 e. The molecule has 3 rings (SSSR count). The third-order valence-corrected chi connectivity index (χ3v) is 3.93. The Hall–Kier alpha value is -3.20. The molecule has 0 saturated carbocycles. The summed E-state index contributed by atoms with van der Waals surface area (Å²) in [5, 5.41) is 8.48. The summed E-state index contributed by atoms with van der Waals surface area (Å²) >= 11 is 1.27. The number of nitrogens with two attached hydrogens (primary N) is 1. The molecule has 8 nitrogen and oxygen atoms in total. The standard InChI is InChI=1S/C15H12N4O4S/c1-22-9-4-2-8(3-5-9)13(21)18-14-10(12(16)20)11(19-23-14)15-17-6-7-24-15/h2-7H,1H3,(H2,16,20)(H,18,21). The van der Waals surface area contributed by atoms with Gasteiger partial charge in [0.2, 0.25) is 5.88 Å². The fraction of sp³-hybridized carbons (Fsp3) is 0.0667. The Morgan fingerprint density at radius 3 is 2.62 bits per heavy atom. The molecule has 9 heteroatoms. The minimum Gasteiger partial charge on any atom is -0.497 e. The molecule has 3 aromatic rings. The molecule has 2 heterocycles. The van der Waals surface area contributed by atoms with Crippen LogP contribution in [0.15, 0.2) is 40.4 Å². The van der Waals surface area contributed by atoms with Crippen LogP contribution < -0.4 is 15.8 Å². The van der Waals surface area contributed by atoms with Gasteiger partial charge in [-0.2, -0.15) is 0 Å². The molecular weight excluding hydrogens is 332 g/mol. The molecule has 3 N–H and O–H groups in total. The van der Waals surface area contributed by atoms with Gasteiger partial charge < -0.3 is 15.0 Å². The Labute approximate surface area is 140 Å². The van der Waals surface area contributed by atoms with Gasteiger partial charge in [-0.1, -0.05) is 5.16 Å². The van der Waals surface area contributed by atoms with E-state index in [1.807, 2.05) is 0 Å². The van der Waals surface area contributed by atoms with E-state index >= 15 is 0 Å². The summed E-state index contributed by atoms with van der Waals surface area (Å²) in [5.41, 5.74) is 5.92. The summed E-state index contributed by atoms with van der Waals surface area (Å²) in [5.74, 6) is -0.739. The van der Waals surface area contributed by atoms with Gasteiger partial charge in [-0.25, -0.2) is 4.98 Å². The lowest BCUT2D eigenvalue weighted by Crippen LogP contribution is -2.17. The van der Waals surface area contributed by atoms with Gasteiger partial charge in [-0.05, 0) is 24.3 Å². The van der Waals surface area contributed by atoms with E-state index < -0.39 is 11.8 Å². The molecule has 0 spiro atoms. The molecule has 122 valence electrons. The number of hydrogen-bond donors (Lipinski definition) is 2. The van der Waals surface area contributed by atoms with Crippen LogP contribution in [0, 0.1) is 0 Å². The zero-order valence-corrected chi connectivity index (χ0v) is 13.3. The molecule has 24 heavy (non-hydrogen) atoms. The van der Waals surface area contributed by atoms with Gasteiger partial charge in [0.05, 0.1) is 7.11 Å². The molecule has 1 aromatic carbocycles. The molecule has 0 saturated heterocycles. The first-order chi connectivity index (χ1) is 11.6. The van der Waals surface area contributed by atoms with E-state index in [9.17, 15) is 9.59 Å². The van der Waals surface area contributed by atoms with Crippen LogP contribution in [0.1, 0.15) is 20.7 Å². The number of methoxy groups -OCH3 is 1. The van der Waals surface area contributed by atoms with Crippen LogP contribution in [0.4, 0.5) is 5.88 Å². The van der Waals surface area contributed by atoms with Crippen LogP contribution in [-0.4, -0.2) is 29.1 Å². The second kappa shape index (κ2) is 6.50. The van der Waals surface area contributed by atoms with Gasteiger partial charge in [0, 0.05) is 17.1 Å². The Kier molecular flexibility index (Phi) is 4.25. The first kappa shape index (κ1) is 15.7. The minimum atomic E-state index is -0.772. The molecule has 2 aromatic heterocycles. The number of amides is 2. The number of nitrogens with one attached hydrogen (secondary N) is 1. The quantitative estimate of drug-likeness (QED) is 0.731. The Morgan fingerprint density at radius 1 is 1.29 bits per heavy atom. The molecule has 2 amide bonds. The molecule has 0 bridgehead atoms. The van der Waals surface area contributed by atoms with Crippen molar-refractivity contribution < 1.29 is 18.8 Å². The lowest BCUT2D eigenvalue weighted by molar-refractivity contribution is 0.100. The van der Waals surface area contributed by atoms with E-state index in [1.54, 1.807) is 35.8 Å². The molecule has 0 aliphatic heterocycles. The first-order valence-corrected chi connectivity index (χ1v) is 7.63. The molecule has 0 unspecified atom stereocenters. The summed E-state index contributed by atoms with van der Waals surface area (Å²) in [6.45, 7) is 0. The Balaban J connectivity index is 1.89. The molecular formula is C15H12N4O4S. The number of hydrogen-bond acceptors (Lipinski definition) is 7. The second-order valence-corrected chi connectivity index (χ2v) is 5.51. The number of primary amides is 1. The number of rotatable bonds is 5. The number of aromatic nitrogens is 2. The maximum absolute atomic E-state index is 12.3. The number of anilines is 1. The number of thiazole rings is 1. The van der Waals surface area contributed by atoms with Crippen LogP contribution in [0.3, 0.4) is 0 Å². The third-order valence-electron chi connectivity index (χ3n) is 3.15. The van der Waals surface area contributed by atoms with Crippen molar-refractivity contribution in [2.75, 3.05) is 12.4 Å². The van der Waals surface area contributed by atoms with E-state index in [-0.39, 0.29) is 17.1 Å². The largest absolute Gasteiger partial charge is 0.497 e. The van der Waals surface area contributed by atoms with Gasteiger partial charge >= 0.3 is 0 Å². The Morgan fingerprint density at radius 2 is 2.04 bits per heavy atom. The lowest BCUT2D eigenvalue weighted by Gasteiger charge is -2.04. The molecule has 0 radical (unpaired) electrons. The number of nitrogens with zero attached hydrogens (tertiary/aromatic N) is 2. The van der Waals surface area contributed by atoms with Crippen LogP contribution in [-0.2, 0) is 0 Å². The van der Waals surface area contributed by atoms with E-state index in [2.05, 4.69) is 15.5 Å². The molecule has 0 fully saturated rings. The van der Waals surface area contributed by atoms with Crippen molar-refractivity contribution >= 4 is 29.0 Å². The number of carbonyl (C=O) groups excluding carboxylic acids is 2. The predicted octanol–water partition coefficient (Wildman–Crippen LogP) is 2.16. The van der Waals surface area contributed by atoms with E-state index in [1.165, 1.54) is 18.4 Å². The second-order valence-electron chi connectivity index (χ2n) is 4.62. The maximum Gasteiger partial charge on any atom is 0.258 e. The predicted molar refractivity (Wildman–Crippen MR) is 87.1 cm³/mol. The highest BCUT2D eigenvalue weighted by molar-refractivity contribution is 7.13. The maximum atomic E-state index is 12.3. The number of carbonyl (C=O) groups is 2. The van der Waals surface area contributed by atoms with Crippen LogP contribution in [0.25, 0.3) is 10.7 Å². The van der Waals surface area contributed by atoms with Crippen LogP contribution >= 0.6 is 11.3 Å². The molecule has 0 aliphatic carbocycles. The summed E-state index contributed by atoms with van der Waals surface area (Å²) in [4.78, 5) is 28.1. The fourth-order valence-electron chi connectivity index (χ4n) is 2.01. The third kappa shape index (κ3) is 2.97. The van der Waals surface area contributed by atoms with Crippen molar-refractivity contribution in [2.45, 2.75) is 0 Å². The average Bonchev–Trinajstić information content (AvgIpc) is 3.23. The van der Waals surface area contributed by atoms with Gasteiger partial charge in [0.1, 0.15) is 16.3 Å². The van der Waals surface area contributed by atoms with E-state index in [4.69, 9.17) is 15.0 Å². The van der Waals surface area contributed by atoms with Gasteiger partial charge in [0.25, 0.3) is 11.8 Å². The average molecular weight is 344 g/mol. The Bertz CT molecular complexity index is 872. The normalized spacial score (nSPS) is 10.4. The molecule has 0 aliphatic rings. The first-order valence-electron chi connectivity index (χ1n) is 6.75. The minimum absolute atomic E-state index is 0.0215. The molecule has 0 atom stereocenters. The zero-order chi connectivity index (χ0) is 17.1. The van der Waals surface area contributed by atoms with Crippen LogP contribution in [0.2, 0.25) is 0 Å². The van der Waals surface area contributed by atoms with Crippen molar-refractivity contribution in [3.8, 4) is 16.5 Å². The van der Waals surface area contributed by atoms with Crippen molar-refractivity contribution in [3.63, 3.8) is 0 Å². The highest BCUT2D eigenvalue weighted by Crippen LogP contribution is 2.30. The van der Waals surface area contributed by atoms with Crippen molar-refractivity contribution in [3.05, 3.63) is 47.0 Å². The van der Waals surface area contributed by atoms with Gasteiger partial charge in [-0.3, -0.25) is 14.9 Å². The highest BCUT2D eigenvalue weighted by Gasteiger charge is 2.25. The summed E-state index contributed by atoms with van der Waals surface area (Å²) < 4.78 is 10.1. The van der Waals surface area contributed by atoms with E-state index in [0.29, 0.717) is 16.3 Å². The van der Waals surface area contributed by atoms with Crippen molar-refractivity contribution in [1.82, 2.24) is 10.1 Å². The van der Waals surface area contributed by atoms with Crippen molar-refractivity contribution in [2.24, 2.45) is 5.73 Å².